The first kappa shape index (κ1) is 14.6. The number of hydrogen-bond acceptors (Lipinski definition) is 4. The van der Waals surface area contributed by atoms with Crippen LogP contribution in [0.4, 0.5) is 0 Å². The van der Waals surface area contributed by atoms with Gasteiger partial charge in [-0.2, -0.15) is 0 Å². The van der Waals surface area contributed by atoms with Crippen LogP contribution < -0.4 is 10.5 Å². The average molecular weight is 357 g/mol. The Bertz CT molecular complexity index is 677. The van der Waals surface area contributed by atoms with Gasteiger partial charge in [0.1, 0.15) is 10.8 Å². The van der Waals surface area contributed by atoms with Crippen molar-refractivity contribution in [1.29, 1.82) is 0 Å². The number of hydrogen-bond donors (Lipinski definition) is 2. The van der Waals surface area contributed by atoms with Crippen LogP contribution in [0.15, 0.2) is 40.1 Å². The molecule has 0 radical (unpaired) electrons. The van der Waals surface area contributed by atoms with E-state index in [1.54, 1.807) is 0 Å². The van der Waals surface area contributed by atoms with E-state index < -0.39 is 0 Å². The van der Waals surface area contributed by atoms with Gasteiger partial charge in [0, 0.05) is 16.2 Å². The number of benzene rings is 1. The van der Waals surface area contributed by atoms with Crippen LogP contribution in [0.1, 0.15) is 11.1 Å². The molecule has 0 aliphatic rings. The van der Waals surface area contributed by atoms with Gasteiger partial charge in [-0.1, -0.05) is 38.8 Å². The van der Waals surface area contributed by atoms with Crippen LogP contribution in [0.2, 0.25) is 5.02 Å². The molecule has 2 rings (SSSR count). The van der Waals surface area contributed by atoms with Crippen molar-refractivity contribution in [3.63, 3.8) is 0 Å². The van der Waals surface area contributed by atoms with Crippen molar-refractivity contribution < 1.29 is 9.94 Å². The summed E-state index contributed by atoms with van der Waals surface area (Å²) in [5.41, 5.74) is 6.82. The number of pyridine rings is 1. The van der Waals surface area contributed by atoms with E-state index in [-0.39, 0.29) is 16.7 Å². The van der Waals surface area contributed by atoms with E-state index >= 15 is 0 Å². The van der Waals surface area contributed by atoms with E-state index in [1.807, 2.05) is 25.1 Å². The van der Waals surface area contributed by atoms with E-state index in [9.17, 15) is 0 Å². The molecular weight excluding hydrogens is 346 g/mol. The lowest BCUT2D eigenvalue weighted by molar-refractivity contribution is 0.318. The van der Waals surface area contributed by atoms with Crippen LogP contribution in [-0.4, -0.2) is 16.0 Å². The number of aromatic nitrogens is 1. The van der Waals surface area contributed by atoms with Crippen LogP contribution in [0.5, 0.6) is 11.6 Å². The zero-order valence-electron chi connectivity index (χ0n) is 10.5. The first-order chi connectivity index (χ1) is 9.52. The number of aryl methyl sites for hydroxylation is 1. The van der Waals surface area contributed by atoms with Crippen LogP contribution >= 0.6 is 27.5 Å². The number of nitrogens with zero attached hydrogens (tertiary/aromatic N) is 2. The SMILES string of the molecule is Cc1ccc(Br)cc1Oc1nccc(/C(N)=N/O)c1Cl. The normalized spacial score (nSPS) is 11.4. The second-order valence-corrected chi connectivity index (χ2v) is 5.27. The Labute approximate surface area is 129 Å². The minimum absolute atomic E-state index is 0.104. The summed E-state index contributed by atoms with van der Waals surface area (Å²) in [6, 6.07) is 7.16. The lowest BCUT2D eigenvalue weighted by Gasteiger charge is -2.11. The fourth-order valence-corrected chi connectivity index (χ4v) is 2.12. The van der Waals surface area contributed by atoms with Gasteiger partial charge in [0.25, 0.3) is 0 Å². The highest BCUT2D eigenvalue weighted by molar-refractivity contribution is 9.10. The monoisotopic (exact) mass is 355 g/mol. The molecule has 0 saturated carbocycles. The second-order valence-electron chi connectivity index (χ2n) is 3.97. The number of halogens is 2. The molecular formula is C13H11BrClN3O2. The smallest absolute Gasteiger partial charge is 0.238 e. The molecule has 1 aromatic heterocycles. The maximum absolute atomic E-state index is 8.71. The summed E-state index contributed by atoms with van der Waals surface area (Å²) in [5.74, 6) is 0.704. The molecule has 104 valence electrons. The molecule has 7 heteroatoms. The van der Waals surface area contributed by atoms with Gasteiger partial charge in [-0.05, 0) is 30.7 Å². The van der Waals surface area contributed by atoms with Gasteiger partial charge in [0.05, 0.1) is 0 Å². The third-order valence-electron chi connectivity index (χ3n) is 2.60. The number of nitrogens with two attached hydrogens (primary N) is 1. The van der Waals surface area contributed by atoms with E-state index in [0.29, 0.717) is 11.3 Å². The average Bonchev–Trinajstić information content (AvgIpc) is 2.44. The molecule has 0 amide bonds. The largest absolute Gasteiger partial charge is 0.437 e. The first-order valence-electron chi connectivity index (χ1n) is 5.59. The summed E-state index contributed by atoms with van der Waals surface area (Å²) in [6.07, 6.45) is 1.47. The highest BCUT2D eigenvalue weighted by Crippen LogP contribution is 2.32. The minimum atomic E-state index is -0.104. The molecule has 0 spiro atoms. The van der Waals surface area contributed by atoms with Gasteiger partial charge in [-0.3, -0.25) is 0 Å². The van der Waals surface area contributed by atoms with Gasteiger partial charge < -0.3 is 15.7 Å². The summed E-state index contributed by atoms with van der Waals surface area (Å²) in [4.78, 5) is 4.06. The zero-order chi connectivity index (χ0) is 14.7. The number of amidine groups is 1. The molecule has 0 atom stereocenters. The molecule has 0 aliphatic carbocycles. The Morgan fingerprint density at radius 2 is 2.20 bits per heavy atom. The highest BCUT2D eigenvalue weighted by atomic mass is 79.9. The summed E-state index contributed by atoms with van der Waals surface area (Å²) in [5, 5.41) is 11.8. The van der Waals surface area contributed by atoms with Crippen LogP contribution in [-0.2, 0) is 0 Å². The van der Waals surface area contributed by atoms with Gasteiger partial charge in [0.15, 0.2) is 5.84 Å². The molecule has 20 heavy (non-hydrogen) atoms. The molecule has 3 N–H and O–H groups in total. The third kappa shape index (κ3) is 3.02. The van der Waals surface area contributed by atoms with Crippen molar-refractivity contribution >= 4 is 33.4 Å². The van der Waals surface area contributed by atoms with E-state index in [2.05, 4.69) is 26.1 Å². The molecule has 2 aromatic rings. The number of ether oxygens (including phenoxy) is 1. The van der Waals surface area contributed by atoms with Crippen molar-refractivity contribution in [3.8, 4) is 11.6 Å². The summed E-state index contributed by atoms with van der Waals surface area (Å²) in [6.45, 7) is 1.91. The van der Waals surface area contributed by atoms with Crippen molar-refractivity contribution in [2.75, 3.05) is 0 Å². The Balaban J connectivity index is 2.42. The topological polar surface area (TPSA) is 80.7 Å². The fraction of sp³-hybridized carbons (Fsp3) is 0.0769. The molecule has 0 aliphatic heterocycles. The molecule has 1 aromatic carbocycles. The maximum Gasteiger partial charge on any atom is 0.238 e. The minimum Gasteiger partial charge on any atom is -0.437 e. The van der Waals surface area contributed by atoms with Crippen molar-refractivity contribution in [2.24, 2.45) is 10.9 Å². The quantitative estimate of drug-likeness (QED) is 0.380. The van der Waals surface area contributed by atoms with Gasteiger partial charge in [-0.15, -0.1) is 0 Å². The van der Waals surface area contributed by atoms with Crippen LogP contribution in [0, 0.1) is 6.92 Å². The maximum atomic E-state index is 8.71. The fourth-order valence-electron chi connectivity index (χ4n) is 1.54. The van der Waals surface area contributed by atoms with Crippen molar-refractivity contribution in [1.82, 2.24) is 4.98 Å². The van der Waals surface area contributed by atoms with E-state index in [0.717, 1.165) is 10.0 Å². The lowest BCUT2D eigenvalue weighted by atomic mass is 10.2. The van der Waals surface area contributed by atoms with Gasteiger partial charge >= 0.3 is 0 Å². The van der Waals surface area contributed by atoms with Crippen LogP contribution in [0.25, 0.3) is 0 Å². The Hall–Kier alpha value is -1.79. The molecule has 0 saturated heterocycles. The molecule has 5 nitrogen and oxygen atoms in total. The summed E-state index contributed by atoms with van der Waals surface area (Å²) in [7, 11) is 0. The second kappa shape index (κ2) is 6.11. The molecule has 0 fully saturated rings. The van der Waals surface area contributed by atoms with Gasteiger partial charge in [0.2, 0.25) is 5.88 Å². The molecule has 1 heterocycles. The summed E-state index contributed by atoms with van der Waals surface area (Å²) < 4.78 is 6.57. The third-order valence-corrected chi connectivity index (χ3v) is 3.46. The van der Waals surface area contributed by atoms with Gasteiger partial charge in [-0.25, -0.2) is 4.98 Å². The van der Waals surface area contributed by atoms with Crippen LogP contribution in [0.3, 0.4) is 0 Å². The standard InChI is InChI=1S/C13H11BrClN3O2/c1-7-2-3-8(14)6-10(7)20-13-11(15)9(4-5-17-13)12(16)18-19/h2-6,19H,1H3,(H2,16,18). The Morgan fingerprint density at radius 3 is 2.90 bits per heavy atom. The predicted octanol–water partition coefficient (Wildman–Crippen LogP) is 3.69. The molecule has 0 unspecified atom stereocenters. The highest BCUT2D eigenvalue weighted by Gasteiger charge is 2.14. The molecule has 0 bridgehead atoms. The lowest BCUT2D eigenvalue weighted by Crippen LogP contribution is -2.14. The zero-order valence-corrected chi connectivity index (χ0v) is 12.8. The van der Waals surface area contributed by atoms with Crippen molar-refractivity contribution in [3.05, 3.63) is 51.1 Å². The van der Waals surface area contributed by atoms with E-state index in [4.69, 9.17) is 27.3 Å². The summed E-state index contributed by atoms with van der Waals surface area (Å²) >= 11 is 9.52. The van der Waals surface area contributed by atoms with E-state index in [1.165, 1.54) is 12.3 Å². The Kier molecular flexibility index (Phi) is 4.46. The number of rotatable bonds is 3. The Morgan fingerprint density at radius 1 is 1.45 bits per heavy atom. The van der Waals surface area contributed by atoms with Crippen molar-refractivity contribution in [2.45, 2.75) is 6.92 Å². The predicted molar refractivity (Wildman–Crippen MR) is 80.7 cm³/mol. The first-order valence-corrected chi connectivity index (χ1v) is 6.76. The number of oxime groups is 1.